The number of nitrogens with zero attached hydrogens (tertiary/aromatic N) is 1. The van der Waals surface area contributed by atoms with Crippen LogP contribution in [0.2, 0.25) is 0 Å². The molecule has 0 radical (unpaired) electrons. The van der Waals surface area contributed by atoms with Gasteiger partial charge in [0.05, 0.1) is 24.6 Å². The van der Waals surface area contributed by atoms with E-state index in [2.05, 4.69) is 10.1 Å². The number of hydrogen-bond donors (Lipinski definition) is 1. The van der Waals surface area contributed by atoms with E-state index in [-0.39, 0.29) is 16.8 Å². The molecule has 0 saturated heterocycles. The molecule has 8 heteroatoms. The van der Waals surface area contributed by atoms with Crippen molar-refractivity contribution in [2.75, 3.05) is 31.8 Å². The van der Waals surface area contributed by atoms with Gasteiger partial charge in [0, 0.05) is 19.7 Å². The third-order valence-corrected chi connectivity index (χ3v) is 3.89. The minimum absolute atomic E-state index is 0.0964. The molecule has 0 aliphatic carbocycles. The van der Waals surface area contributed by atoms with E-state index in [1.54, 1.807) is 0 Å². The van der Waals surface area contributed by atoms with Crippen molar-refractivity contribution in [3.05, 3.63) is 29.3 Å². The molecule has 0 atom stereocenters. The van der Waals surface area contributed by atoms with Gasteiger partial charge in [-0.15, -0.1) is 0 Å². The number of benzene rings is 1. The van der Waals surface area contributed by atoms with Crippen molar-refractivity contribution >= 4 is 27.6 Å². The van der Waals surface area contributed by atoms with Gasteiger partial charge in [0.25, 0.3) is 5.91 Å². The first-order chi connectivity index (χ1) is 9.20. The molecule has 0 aliphatic heterocycles. The number of esters is 1. The van der Waals surface area contributed by atoms with Gasteiger partial charge in [-0.3, -0.25) is 9.10 Å². The van der Waals surface area contributed by atoms with Crippen LogP contribution in [0.5, 0.6) is 0 Å². The number of carbonyl (C=O) groups is 2. The highest BCUT2D eigenvalue weighted by Gasteiger charge is 2.18. The Morgan fingerprint density at radius 1 is 1.20 bits per heavy atom. The molecular weight excluding hydrogens is 284 g/mol. The molecule has 7 nitrogen and oxygen atoms in total. The van der Waals surface area contributed by atoms with Gasteiger partial charge in [-0.2, -0.15) is 0 Å². The van der Waals surface area contributed by atoms with Gasteiger partial charge in [-0.05, 0) is 18.2 Å². The molecule has 0 heterocycles. The predicted octanol–water partition coefficient (Wildman–Crippen LogP) is 0.229. The Kier molecular flexibility index (Phi) is 4.72. The summed E-state index contributed by atoms with van der Waals surface area (Å²) in [6.45, 7) is 0. The highest BCUT2D eigenvalue weighted by Crippen LogP contribution is 2.21. The molecule has 1 rings (SSSR count). The van der Waals surface area contributed by atoms with E-state index in [4.69, 9.17) is 0 Å². The summed E-state index contributed by atoms with van der Waals surface area (Å²) in [6, 6.07) is 4.07. The molecule has 0 unspecified atom stereocenters. The number of sulfonamides is 1. The van der Waals surface area contributed by atoms with E-state index >= 15 is 0 Å². The molecular formula is C12H16N2O5S. The highest BCUT2D eigenvalue weighted by molar-refractivity contribution is 7.92. The average Bonchev–Trinajstić information content (AvgIpc) is 2.43. The van der Waals surface area contributed by atoms with Gasteiger partial charge >= 0.3 is 5.97 Å². The zero-order valence-electron chi connectivity index (χ0n) is 11.6. The van der Waals surface area contributed by atoms with E-state index in [1.165, 1.54) is 39.4 Å². The molecule has 1 N–H and O–H groups in total. The predicted molar refractivity (Wildman–Crippen MR) is 74.4 cm³/mol. The average molecular weight is 300 g/mol. The molecule has 1 amide bonds. The molecule has 0 fully saturated rings. The van der Waals surface area contributed by atoms with Crippen molar-refractivity contribution in [3.8, 4) is 0 Å². The highest BCUT2D eigenvalue weighted by atomic mass is 32.2. The third kappa shape index (κ3) is 3.47. The van der Waals surface area contributed by atoms with Crippen LogP contribution in [-0.4, -0.2) is 47.8 Å². The van der Waals surface area contributed by atoms with Crippen molar-refractivity contribution in [1.29, 1.82) is 0 Å². The second-order valence-corrected chi connectivity index (χ2v) is 6.08. The number of ether oxygens (including phenoxy) is 1. The second-order valence-electron chi connectivity index (χ2n) is 4.07. The number of methoxy groups -OCH3 is 1. The summed E-state index contributed by atoms with van der Waals surface area (Å²) < 4.78 is 28.6. The first-order valence-electron chi connectivity index (χ1n) is 5.60. The van der Waals surface area contributed by atoms with Gasteiger partial charge < -0.3 is 10.1 Å². The topological polar surface area (TPSA) is 92.8 Å². The number of carbonyl (C=O) groups excluding carboxylic acids is 2. The van der Waals surface area contributed by atoms with Crippen LogP contribution >= 0.6 is 0 Å². The summed E-state index contributed by atoms with van der Waals surface area (Å²) in [4.78, 5) is 23.2. The lowest BCUT2D eigenvalue weighted by Gasteiger charge is -2.18. The van der Waals surface area contributed by atoms with Gasteiger partial charge in [-0.25, -0.2) is 13.2 Å². The minimum Gasteiger partial charge on any atom is -0.465 e. The normalized spacial score (nSPS) is 10.8. The largest absolute Gasteiger partial charge is 0.465 e. The number of hydrogen-bond acceptors (Lipinski definition) is 5. The van der Waals surface area contributed by atoms with Crippen LogP contribution in [0.4, 0.5) is 5.69 Å². The fraction of sp³-hybridized carbons (Fsp3) is 0.333. The summed E-state index contributed by atoms with van der Waals surface area (Å²) in [7, 11) is 0.469. The monoisotopic (exact) mass is 300 g/mol. The fourth-order valence-electron chi connectivity index (χ4n) is 1.50. The lowest BCUT2D eigenvalue weighted by molar-refractivity contribution is 0.0600. The van der Waals surface area contributed by atoms with Crippen molar-refractivity contribution in [1.82, 2.24) is 5.32 Å². The standard InChI is InChI=1S/C12H16N2O5S/c1-13-11(15)8-5-9(12(16)19-3)7-10(6-8)14(2)20(4,17)18/h5-7H,1-4H3,(H,13,15). The van der Waals surface area contributed by atoms with Gasteiger partial charge in [0.15, 0.2) is 0 Å². The Bertz CT molecular complexity index is 605. The fourth-order valence-corrected chi connectivity index (χ4v) is 1.98. The van der Waals surface area contributed by atoms with Crippen molar-refractivity contribution in [2.45, 2.75) is 0 Å². The lowest BCUT2D eigenvalue weighted by atomic mass is 10.1. The lowest BCUT2D eigenvalue weighted by Crippen LogP contribution is -2.26. The molecule has 0 saturated carbocycles. The molecule has 110 valence electrons. The maximum atomic E-state index is 11.7. The molecule has 0 spiro atoms. The summed E-state index contributed by atoms with van der Waals surface area (Å²) in [6.07, 6.45) is 1.03. The zero-order valence-corrected chi connectivity index (χ0v) is 12.4. The Hall–Kier alpha value is -2.09. The number of anilines is 1. The van der Waals surface area contributed by atoms with E-state index in [0.29, 0.717) is 0 Å². The Morgan fingerprint density at radius 3 is 2.20 bits per heavy atom. The maximum absolute atomic E-state index is 11.7. The minimum atomic E-state index is -3.50. The van der Waals surface area contributed by atoms with E-state index < -0.39 is 21.9 Å². The Labute approximate surface area is 117 Å². The van der Waals surface area contributed by atoms with Crippen LogP contribution in [0, 0.1) is 0 Å². The van der Waals surface area contributed by atoms with E-state index in [0.717, 1.165) is 10.6 Å². The molecule has 0 aliphatic rings. The van der Waals surface area contributed by atoms with Gasteiger partial charge in [0.1, 0.15) is 0 Å². The Morgan fingerprint density at radius 2 is 1.75 bits per heavy atom. The van der Waals surface area contributed by atoms with Crippen LogP contribution in [0.1, 0.15) is 20.7 Å². The SMILES string of the molecule is CNC(=O)c1cc(C(=O)OC)cc(N(C)S(C)(=O)=O)c1. The van der Waals surface area contributed by atoms with Gasteiger partial charge in [0.2, 0.25) is 10.0 Å². The molecule has 0 aromatic heterocycles. The smallest absolute Gasteiger partial charge is 0.337 e. The van der Waals surface area contributed by atoms with Gasteiger partial charge in [-0.1, -0.05) is 0 Å². The summed E-state index contributed by atoms with van der Waals surface area (Å²) in [5, 5.41) is 2.41. The van der Waals surface area contributed by atoms with Crippen molar-refractivity contribution in [2.24, 2.45) is 0 Å². The van der Waals surface area contributed by atoms with Crippen LogP contribution in [0.15, 0.2) is 18.2 Å². The molecule has 1 aromatic carbocycles. The molecule has 1 aromatic rings. The van der Waals surface area contributed by atoms with E-state index in [1.807, 2.05) is 0 Å². The van der Waals surface area contributed by atoms with Crippen LogP contribution in [-0.2, 0) is 14.8 Å². The number of rotatable bonds is 4. The molecule has 0 bridgehead atoms. The first kappa shape index (κ1) is 16.0. The maximum Gasteiger partial charge on any atom is 0.337 e. The van der Waals surface area contributed by atoms with Crippen LogP contribution < -0.4 is 9.62 Å². The number of nitrogens with one attached hydrogen (secondary N) is 1. The third-order valence-electron chi connectivity index (χ3n) is 2.69. The second kappa shape index (κ2) is 5.91. The Balaban J connectivity index is 3.45. The van der Waals surface area contributed by atoms with E-state index in [9.17, 15) is 18.0 Å². The van der Waals surface area contributed by atoms with Crippen LogP contribution in [0.3, 0.4) is 0 Å². The summed E-state index contributed by atoms with van der Waals surface area (Å²) in [5.41, 5.74) is 0.467. The number of amides is 1. The first-order valence-corrected chi connectivity index (χ1v) is 7.45. The van der Waals surface area contributed by atoms with Crippen molar-refractivity contribution in [3.63, 3.8) is 0 Å². The van der Waals surface area contributed by atoms with Crippen molar-refractivity contribution < 1.29 is 22.7 Å². The quantitative estimate of drug-likeness (QED) is 0.803. The zero-order chi connectivity index (χ0) is 15.5. The van der Waals surface area contributed by atoms with Crippen LogP contribution in [0.25, 0.3) is 0 Å². The molecule has 20 heavy (non-hydrogen) atoms. The summed E-state index contributed by atoms with van der Waals surface area (Å²) >= 11 is 0. The summed E-state index contributed by atoms with van der Waals surface area (Å²) in [5.74, 6) is -1.09.